The molecule has 0 aromatic heterocycles. The minimum atomic E-state index is -0.303. The minimum absolute atomic E-state index is 0.303. The van der Waals surface area contributed by atoms with Crippen LogP contribution < -0.4 is 10.6 Å². The lowest BCUT2D eigenvalue weighted by Crippen LogP contribution is -2.37. The first-order chi connectivity index (χ1) is 12.5. The number of esters is 1. The number of rotatable bonds is 7. The minimum Gasteiger partial charge on any atom is -0.462 e. The van der Waals surface area contributed by atoms with Crippen molar-refractivity contribution in [1.29, 1.82) is 0 Å². The molecular weight excluding hydrogens is 346 g/mol. The van der Waals surface area contributed by atoms with E-state index in [1.165, 1.54) is 25.9 Å². The molecule has 0 amide bonds. The van der Waals surface area contributed by atoms with Crippen LogP contribution in [0.25, 0.3) is 0 Å². The van der Waals surface area contributed by atoms with Gasteiger partial charge in [-0.05, 0) is 82.0 Å². The van der Waals surface area contributed by atoms with Gasteiger partial charge >= 0.3 is 5.97 Å². The van der Waals surface area contributed by atoms with Crippen LogP contribution in [-0.4, -0.2) is 48.8 Å². The Bertz CT molecular complexity index is 621. The van der Waals surface area contributed by atoms with E-state index in [1.54, 1.807) is 13.0 Å². The van der Waals surface area contributed by atoms with Gasteiger partial charge in [0.05, 0.1) is 12.2 Å². The lowest BCUT2D eigenvalue weighted by atomic mass is 10.0. The number of hydrogen-bond donors (Lipinski definition) is 2. The van der Waals surface area contributed by atoms with Crippen LogP contribution >= 0.6 is 12.2 Å². The number of piperidine rings is 1. The number of nitrogens with zero attached hydrogens (tertiary/aromatic N) is 1. The van der Waals surface area contributed by atoms with E-state index in [0.717, 1.165) is 36.7 Å². The summed E-state index contributed by atoms with van der Waals surface area (Å²) in [5.41, 5.74) is 2.24. The zero-order valence-corrected chi connectivity index (χ0v) is 17.0. The van der Waals surface area contributed by atoms with Crippen molar-refractivity contribution in [2.75, 3.05) is 38.1 Å². The van der Waals surface area contributed by atoms with Crippen molar-refractivity contribution >= 4 is 29.0 Å². The van der Waals surface area contributed by atoms with Gasteiger partial charge in [-0.1, -0.05) is 13.0 Å². The Morgan fingerprint density at radius 1 is 1.42 bits per heavy atom. The van der Waals surface area contributed by atoms with Crippen molar-refractivity contribution in [2.24, 2.45) is 5.92 Å². The van der Waals surface area contributed by atoms with Crippen LogP contribution in [0, 0.1) is 12.8 Å². The molecule has 1 aliphatic rings. The summed E-state index contributed by atoms with van der Waals surface area (Å²) in [5, 5.41) is 7.04. The zero-order valence-electron chi connectivity index (χ0n) is 16.1. The first-order valence-corrected chi connectivity index (χ1v) is 9.96. The monoisotopic (exact) mass is 377 g/mol. The molecule has 0 bridgehead atoms. The Labute approximate surface area is 162 Å². The van der Waals surface area contributed by atoms with Crippen LogP contribution in [0.15, 0.2) is 18.2 Å². The second-order valence-corrected chi connectivity index (χ2v) is 7.39. The first kappa shape index (κ1) is 20.6. The number of nitrogens with one attached hydrogen (secondary N) is 2. The highest BCUT2D eigenvalue weighted by atomic mass is 32.1. The summed E-state index contributed by atoms with van der Waals surface area (Å²) in [6, 6.07) is 5.53. The number of likely N-dealkylation sites (tertiary alicyclic amines) is 1. The topological polar surface area (TPSA) is 53.6 Å². The van der Waals surface area contributed by atoms with Crippen LogP contribution in [0.5, 0.6) is 0 Å². The Morgan fingerprint density at radius 2 is 2.23 bits per heavy atom. The molecule has 0 unspecified atom stereocenters. The molecule has 1 atom stereocenters. The van der Waals surface area contributed by atoms with Crippen molar-refractivity contribution in [3.63, 3.8) is 0 Å². The molecular formula is C20H31N3O2S. The lowest BCUT2D eigenvalue weighted by Gasteiger charge is -2.30. The maximum absolute atomic E-state index is 12.0. The predicted molar refractivity (Wildman–Crippen MR) is 111 cm³/mol. The van der Waals surface area contributed by atoms with Gasteiger partial charge in [0.2, 0.25) is 0 Å². The van der Waals surface area contributed by atoms with Gasteiger partial charge < -0.3 is 20.3 Å². The van der Waals surface area contributed by atoms with Gasteiger partial charge in [0.25, 0.3) is 0 Å². The largest absolute Gasteiger partial charge is 0.462 e. The number of hydrogen-bond acceptors (Lipinski definition) is 4. The van der Waals surface area contributed by atoms with E-state index in [-0.39, 0.29) is 5.97 Å². The zero-order chi connectivity index (χ0) is 18.9. The van der Waals surface area contributed by atoms with Crippen LogP contribution in [0.4, 0.5) is 5.69 Å². The van der Waals surface area contributed by atoms with E-state index in [9.17, 15) is 4.79 Å². The summed E-state index contributed by atoms with van der Waals surface area (Å²) in [6.45, 7) is 10.8. The molecule has 0 saturated carbocycles. The molecule has 26 heavy (non-hydrogen) atoms. The summed E-state index contributed by atoms with van der Waals surface area (Å²) in [4.78, 5) is 14.5. The summed E-state index contributed by atoms with van der Waals surface area (Å²) < 4.78 is 5.09. The molecule has 0 radical (unpaired) electrons. The average molecular weight is 378 g/mol. The fraction of sp³-hybridized carbons (Fsp3) is 0.600. The van der Waals surface area contributed by atoms with E-state index in [2.05, 4.69) is 22.5 Å². The Hall–Kier alpha value is -1.66. The normalized spacial score (nSPS) is 17.6. The summed E-state index contributed by atoms with van der Waals surface area (Å²) in [5.74, 6) is 0.511. The van der Waals surface area contributed by atoms with Crippen molar-refractivity contribution in [2.45, 2.75) is 40.0 Å². The van der Waals surface area contributed by atoms with Crippen LogP contribution in [0.2, 0.25) is 0 Å². The summed E-state index contributed by atoms with van der Waals surface area (Å²) in [7, 11) is 0. The number of carbonyl (C=O) groups is 1. The first-order valence-electron chi connectivity index (χ1n) is 9.55. The van der Waals surface area contributed by atoms with Crippen molar-refractivity contribution in [3.8, 4) is 0 Å². The number of carbonyl (C=O) groups excluding carboxylic acids is 1. The number of ether oxygens (including phenoxy) is 1. The smallest absolute Gasteiger partial charge is 0.338 e. The molecule has 1 heterocycles. The molecule has 1 aliphatic heterocycles. The van der Waals surface area contributed by atoms with Gasteiger partial charge in [0.15, 0.2) is 5.11 Å². The van der Waals surface area contributed by atoms with E-state index >= 15 is 0 Å². The molecule has 1 saturated heterocycles. The summed E-state index contributed by atoms with van der Waals surface area (Å²) in [6.07, 6.45) is 3.73. The standard InChI is InChI=1S/C20H31N3O2S/c1-4-25-19(24)17-9-5-10-18(16(17)3)22-20(26)21-11-7-13-23-12-6-8-15(2)14-23/h5,9-10,15H,4,6-8,11-14H2,1-3H3,(H2,21,22,26)/t15-/m0/s1. The maximum Gasteiger partial charge on any atom is 0.338 e. The molecule has 144 valence electrons. The molecule has 1 aromatic rings. The highest BCUT2D eigenvalue weighted by Gasteiger charge is 2.15. The van der Waals surface area contributed by atoms with Crippen LogP contribution in [-0.2, 0) is 4.74 Å². The second-order valence-electron chi connectivity index (χ2n) is 6.98. The third-order valence-electron chi connectivity index (χ3n) is 4.76. The van der Waals surface area contributed by atoms with Gasteiger partial charge in [-0.25, -0.2) is 4.79 Å². The average Bonchev–Trinajstić information content (AvgIpc) is 2.61. The Balaban J connectivity index is 1.77. The molecule has 1 fully saturated rings. The number of anilines is 1. The van der Waals surface area contributed by atoms with Crippen molar-refractivity contribution in [3.05, 3.63) is 29.3 Å². The molecule has 0 aliphatic carbocycles. The molecule has 2 N–H and O–H groups in total. The number of thiocarbonyl (C=S) groups is 1. The quantitative estimate of drug-likeness (QED) is 0.430. The summed E-state index contributed by atoms with van der Waals surface area (Å²) >= 11 is 5.39. The molecule has 0 spiro atoms. The van der Waals surface area contributed by atoms with Gasteiger partial charge in [-0.2, -0.15) is 0 Å². The van der Waals surface area contributed by atoms with E-state index in [1.807, 2.05) is 19.1 Å². The lowest BCUT2D eigenvalue weighted by molar-refractivity contribution is 0.0525. The van der Waals surface area contributed by atoms with Gasteiger partial charge in [0, 0.05) is 18.8 Å². The van der Waals surface area contributed by atoms with Crippen molar-refractivity contribution < 1.29 is 9.53 Å². The fourth-order valence-electron chi connectivity index (χ4n) is 3.36. The molecule has 6 heteroatoms. The Kier molecular flexibility index (Phi) is 8.32. The molecule has 5 nitrogen and oxygen atoms in total. The van der Waals surface area contributed by atoms with E-state index in [4.69, 9.17) is 17.0 Å². The van der Waals surface area contributed by atoms with Crippen LogP contribution in [0.1, 0.15) is 49.0 Å². The number of benzene rings is 1. The second kappa shape index (κ2) is 10.5. The fourth-order valence-corrected chi connectivity index (χ4v) is 3.57. The third-order valence-corrected chi connectivity index (χ3v) is 5.00. The SMILES string of the molecule is CCOC(=O)c1cccc(NC(=S)NCCCN2CCC[C@H](C)C2)c1C. The predicted octanol–water partition coefficient (Wildman–Crippen LogP) is 3.58. The van der Waals surface area contributed by atoms with Gasteiger partial charge in [-0.15, -0.1) is 0 Å². The van der Waals surface area contributed by atoms with Crippen molar-refractivity contribution in [1.82, 2.24) is 10.2 Å². The highest BCUT2D eigenvalue weighted by molar-refractivity contribution is 7.80. The van der Waals surface area contributed by atoms with E-state index in [0.29, 0.717) is 17.3 Å². The van der Waals surface area contributed by atoms with Gasteiger partial charge in [-0.3, -0.25) is 0 Å². The maximum atomic E-state index is 12.0. The molecule has 2 rings (SSSR count). The Morgan fingerprint density at radius 3 is 2.96 bits per heavy atom. The molecule has 1 aromatic carbocycles. The van der Waals surface area contributed by atoms with Gasteiger partial charge in [0.1, 0.15) is 0 Å². The third kappa shape index (κ3) is 6.25. The highest BCUT2D eigenvalue weighted by Crippen LogP contribution is 2.20. The van der Waals surface area contributed by atoms with Crippen LogP contribution in [0.3, 0.4) is 0 Å². The van der Waals surface area contributed by atoms with E-state index < -0.39 is 0 Å².